The SMILES string of the molecule is C=CC(=O)N1CC[C@@H]1c1ccc(N2C[C@H](CS(C)(=O)=O)C2(C)C)c2cnc(Nc3ccnc(N4CCC(OC)CC4)n3)cc12. The first-order valence-electron chi connectivity index (χ1n) is 15.2. The zero-order chi connectivity index (χ0) is 31.2. The predicted octanol–water partition coefficient (Wildman–Crippen LogP) is 4.10. The van der Waals surface area contributed by atoms with E-state index < -0.39 is 9.84 Å². The first-order valence-corrected chi connectivity index (χ1v) is 17.2. The van der Waals surface area contributed by atoms with E-state index in [1.54, 1.807) is 13.3 Å². The Labute approximate surface area is 259 Å². The van der Waals surface area contributed by atoms with Crippen LogP contribution < -0.4 is 15.1 Å². The highest BCUT2D eigenvalue weighted by molar-refractivity contribution is 7.90. The first kappa shape index (κ1) is 30.3. The number of ether oxygens (including phenoxy) is 1. The van der Waals surface area contributed by atoms with Crippen molar-refractivity contribution in [1.82, 2.24) is 19.9 Å². The predicted molar refractivity (Wildman–Crippen MR) is 173 cm³/mol. The lowest BCUT2D eigenvalue weighted by Crippen LogP contribution is -2.66. The Balaban J connectivity index is 1.33. The van der Waals surface area contributed by atoms with Crippen LogP contribution >= 0.6 is 0 Å². The normalized spacial score (nSPS) is 22.0. The highest BCUT2D eigenvalue weighted by Crippen LogP contribution is 2.46. The molecule has 3 aliphatic rings. The minimum Gasteiger partial charge on any atom is -0.381 e. The molecule has 44 heavy (non-hydrogen) atoms. The van der Waals surface area contributed by atoms with Crippen molar-refractivity contribution in [3.05, 3.63) is 54.9 Å². The summed E-state index contributed by atoms with van der Waals surface area (Å²) in [5, 5.41) is 5.33. The van der Waals surface area contributed by atoms with E-state index >= 15 is 0 Å². The monoisotopic (exact) mass is 619 g/mol. The van der Waals surface area contributed by atoms with Crippen molar-refractivity contribution in [2.45, 2.75) is 50.8 Å². The van der Waals surface area contributed by atoms with Crippen LogP contribution in [0.3, 0.4) is 0 Å². The van der Waals surface area contributed by atoms with Gasteiger partial charge in [-0.25, -0.2) is 18.4 Å². The minimum atomic E-state index is -3.10. The van der Waals surface area contributed by atoms with Gasteiger partial charge in [-0.05, 0) is 68.3 Å². The van der Waals surface area contributed by atoms with Crippen LogP contribution in [0.1, 0.15) is 44.7 Å². The van der Waals surface area contributed by atoms with Gasteiger partial charge >= 0.3 is 0 Å². The molecule has 2 aromatic heterocycles. The van der Waals surface area contributed by atoms with Gasteiger partial charge in [0.05, 0.1) is 17.9 Å². The Hall–Kier alpha value is -3.77. The number of aromatic nitrogens is 3. The number of carbonyl (C=O) groups is 1. The van der Waals surface area contributed by atoms with E-state index in [2.05, 4.69) is 52.7 Å². The number of carbonyl (C=O) groups excluding carboxylic acids is 1. The van der Waals surface area contributed by atoms with Crippen LogP contribution in [0.4, 0.5) is 23.3 Å². The Kier molecular flexibility index (Phi) is 8.00. The quantitative estimate of drug-likeness (QED) is 0.351. The number of amides is 1. The summed E-state index contributed by atoms with van der Waals surface area (Å²) in [5.74, 6) is 2.06. The average molecular weight is 620 g/mol. The van der Waals surface area contributed by atoms with E-state index in [9.17, 15) is 13.2 Å². The molecule has 1 aromatic carbocycles. The second kappa shape index (κ2) is 11.6. The van der Waals surface area contributed by atoms with E-state index in [1.165, 1.54) is 12.3 Å². The fourth-order valence-electron chi connectivity index (χ4n) is 6.74. The van der Waals surface area contributed by atoms with E-state index in [1.807, 2.05) is 23.2 Å². The van der Waals surface area contributed by atoms with Gasteiger partial charge in [-0.15, -0.1) is 0 Å². The van der Waals surface area contributed by atoms with E-state index in [4.69, 9.17) is 14.7 Å². The van der Waals surface area contributed by atoms with Crippen molar-refractivity contribution in [3.8, 4) is 0 Å². The molecule has 3 fully saturated rings. The lowest BCUT2D eigenvalue weighted by molar-refractivity contribution is -0.133. The number of methoxy groups -OCH3 is 1. The highest BCUT2D eigenvalue weighted by atomic mass is 32.2. The van der Waals surface area contributed by atoms with E-state index in [0.29, 0.717) is 30.7 Å². The molecule has 11 nitrogen and oxygen atoms in total. The number of pyridine rings is 1. The molecule has 0 bridgehead atoms. The van der Waals surface area contributed by atoms with Crippen LogP contribution in [-0.4, -0.2) is 91.1 Å². The fraction of sp³-hybridized carbons (Fsp3) is 0.500. The van der Waals surface area contributed by atoms with Gasteiger partial charge in [0.15, 0.2) is 0 Å². The third-order valence-electron chi connectivity index (χ3n) is 9.60. The summed E-state index contributed by atoms with van der Waals surface area (Å²) < 4.78 is 29.7. The maximum atomic E-state index is 12.6. The molecule has 6 rings (SSSR count). The molecule has 0 aliphatic carbocycles. The van der Waals surface area contributed by atoms with Gasteiger partial charge in [0.2, 0.25) is 11.9 Å². The Morgan fingerprint density at radius 1 is 1.11 bits per heavy atom. The van der Waals surface area contributed by atoms with Crippen LogP contribution in [0.15, 0.2) is 49.3 Å². The van der Waals surface area contributed by atoms with Crippen molar-refractivity contribution in [1.29, 1.82) is 0 Å². The Morgan fingerprint density at radius 2 is 1.89 bits per heavy atom. The van der Waals surface area contributed by atoms with Gasteiger partial charge in [0.25, 0.3) is 0 Å². The summed E-state index contributed by atoms with van der Waals surface area (Å²) in [7, 11) is -1.34. The third-order valence-corrected chi connectivity index (χ3v) is 10.6. The van der Waals surface area contributed by atoms with Gasteiger partial charge in [-0.2, -0.15) is 4.98 Å². The second-order valence-electron chi connectivity index (χ2n) is 12.7. The highest BCUT2D eigenvalue weighted by Gasteiger charge is 2.48. The summed E-state index contributed by atoms with van der Waals surface area (Å²) in [6.45, 7) is 10.9. The number of hydrogen-bond acceptors (Lipinski definition) is 10. The summed E-state index contributed by atoms with van der Waals surface area (Å²) >= 11 is 0. The minimum absolute atomic E-state index is 0.0284. The number of benzene rings is 1. The summed E-state index contributed by atoms with van der Waals surface area (Å²) in [6, 6.07) is 7.98. The fourth-order valence-corrected chi connectivity index (χ4v) is 7.99. The first-order chi connectivity index (χ1) is 21.0. The number of likely N-dealkylation sites (tertiary alicyclic amines) is 1. The van der Waals surface area contributed by atoms with Gasteiger partial charge in [0, 0.05) is 74.5 Å². The molecule has 12 heteroatoms. The molecule has 0 spiro atoms. The van der Waals surface area contributed by atoms with Crippen LogP contribution in [0.5, 0.6) is 0 Å². The van der Waals surface area contributed by atoms with Crippen molar-refractivity contribution in [3.63, 3.8) is 0 Å². The van der Waals surface area contributed by atoms with Gasteiger partial charge in [0.1, 0.15) is 21.5 Å². The van der Waals surface area contributed by atoms with Crippen LogP contribution in [0, 0.1) is 5.92 Å². The number of nitrogens with zero attached hydrogens (tertiary/aromatic N) is 6. The number of hydrogen-bond donors (Lipinski definition) is 1. The Morgan fingerprint density at radius 3 is 2.52 bits per heavy atom. The Bertz CT molecular complexity index is 1690. The average Bonchev–Trinajstić information content (AvgIpc) is 2.98. The lowest BCUT2D eigenvalue weighted by atomic mass is 9.77. The summed E-state index contributed by atoms with van der Waals surface area (Å²) in [5.41, 5.74) is 1.71. The molecular formula is C32H41N7O4S. The summed E-state index contributed by atoms with van der Waals surface area (Å²) in [6.07, 6.45) is 9.29. The number of sulfone groups is 1. The summed E-state index contributed by atoms with van der Waals surface area (Å²) in [4.78, 5) is 32.9. The molecule has 3 aromatic rings. The number of nitrogens with one attached hydrogen (secondary N) is 1. The number of piperidine rings is 1. The second-order valence-corrected chi connectivity index (χ2v) is 14.9. The van der Waals surface area contributed by atoms with Crippen LogP contribution in [-0.2, 0) is 19.4 Å². The molecule has 1 N–H and O–H groups in total. The zero-order valence-electron chi connectivity index (χ0n) is 25.9. The lowest BCUT2D eigenvalue weighted by Gasteiger charge is -2.57. The van der Waals surface area contributed by atoms with E-state index in [0.717, 1.165) is 54.4 Å². The molecular weight excluding hydrogens is 578 g/mol. The molecule has 234 valence electrons. The molecule has 3 aliphatic heterocycles. The number of fused-ring (bicyclic) bond motifs is 1. The van der Waals surface area contributed by atoms with Crippen molar-refractivity contribution in [2.24, 2.45) is 5.92 Å². The smallest absolute Gasteiger partial charge is 0.246 e. The molecule has 1 amide bonds. The number of rotatable bonds is 9. The van der Waals surface area contributed by atoms with Crippen molar-refractivity contribution >= 4 is 49.8 Å². The van der Waals surface area contributed by atoms with Crippen LogP contribution in [0.25, 0.3) is 10.8 Å². The maximum Gasteiger partial charge on any atom is 0.246 e. The topological polar surface area (TPSA) is 121 Å². The largest absolute Gasteiger partial charge is 0.381 e. The standard InChI is InChI=1S/C32H41N7O4S/c1-6-30(40)38-16-12-26(38)23-7-8-27(39-19-21(32(39,2)3)20-44(5,41)42)25-18-34-29(17-24(23)25)35-28-9-13-33-31(36-28)37-14-10-22(43-4)11-15-37/h6-9,13,17-18,21-22,26H,1,10-12,14-16,19-20H2,2-5H3,(H,33,34,35,36)/t21-,26-/m1/s1. The van der Waals surface area contributed by atoms with Crippen molar-refractivity contribution in [2.75, 3.05) is 60.4 Å². The van der Waals surface area contributed by atoms with E-state index in [-0.39, 0.29) is 35.3 Å². The maximum absolute atomic E-state index is 12.6. The van der Waals surface area contributed by atoms with Gasteiger partial charge in [-0.3, -0.25) is 4.79 Å². The third kappa shape index (κ3) is 5.72. The van der Waals surface area contributed by atoms with Gasteiger partial charge < -0.3 is 24.8 Å². The van der Waals surface area contributed by atoms with Crippen molar-refractivity contribution < 1.29 is 17.9 Å². The molecule has 0 radical (unpaired) electrons. The molecule has 5 heterocycles. The molecule has 0 unspecified atom stereocenters. The molecule has 0 saturated carbocycles. The zero-order valence-corrected chi connectivity index (χ0v) is 26.7. The number of anilines is 4. The van der Waals surface area contributed by atoms with Crippen LogP contribution in [0.2, 0.25) is 0 Å². The van der Waals surface area contributed by atoms with Gasteiger partial charge in [-0.1, -0.05) is 12.6 Å². The molecule has 3 saturated heterocycles. The molecule has 2 atom stereocenters.